The smallest absolute Gasteiger partial charge is 0.0686 e. The quantitative estimate of drug-likeness (QED) is 0.627. The Kier molecular flexibility index (Phi) is 2.15. The molecule has 3 rings (SSSR count). The van der Waals surface area contributed by atoms with Crippen molar-refractivity contribution >= 4 is 16.6 Å². The van der Waals surface area contributed by atoms with Crippen LogP contribution in [0.5, 0.6) is 0 Å². The van der Waals surface area contributed by atoms with Crippen molar-refractivity contribution in [1.29, 1.82) is 0 Å². The van der Waals surface area contributed by atoms with Gasteiger partial charge in [0.15, 0.2) is 0 Å². The molecule has 0 aliphatic heterocycles. The number of rotatable bonds is 1. The highest BCUT2D eigenvalue weighted by Crippen LogP contribution is 2.24. The van der Waals surface area contributed by atoms with Gasteiger partial charge in [0.05, 0.1) is 16.9 Å². The molecule has 0 bridgehead atoms. The van der Waals surface area contributed by atoms with Gasteiger partial charge in [-0.3, -0.25) is 0 Å². The minimum Gasteiger partial charge on any atom is -0.397 e. The predicted molar refractivity (Wildman–Crippen MR) is 72.4 cm³/mol. The monoisotopic (exact) mass is 222 g/mol. The van der Waals surface area contributed by atoms with Gasteiger partial charge in [-0.05, 0) is 42.1 Å². The van der Waals surface area contributed by atoms with Crippen LogP contribution in [0.2, 0.25) is 0 Å². The summed E-state index contributed by atoms with van der Waals surface area (Å²) >= 11 is 0. The Balaban J connectivity index is 2.27. The molecule has 17 heavy (non-hydrogen) atoms. The number of aryl methyl sites for hydroxylation is 1. The van der Waals surface area contributed by atoms with Crippen LogP contribution in [0.25, 0.3) is 16.6 Å². The van der Waals surface area contributed by atoms with Crippen molar-refractivity contribution in [1.82, 2.24) is 4.57 Å². The Labute approximate surface area is 100 Å². The first-order valence-corrected chi connectivity index (χ1v) is 5.68. The summed E-state index contributed by atoms with van der Waals surface area (Å²) in [5.41, 5.74) is 10.3. The first-order chi connectivity index (χ1) is 8.25. The van der Waals surface area contributed by atoms with Gasteiger partial charge in [0.2, 0.25) is 0 Å². The lowest BCUT2D eigenvalue weighted by Crippen LogP contribution is -1.98. The minimum absolute atomic E-state index is 0.811. The molecular formula is C15H14N2. The van der Waals surface area contributed by atoms with Crippen LogP contribution in [-0.4, -0.2) is 4.57 Å². The minimum atomic E-state index is 0.811. The molecule has 2 heteroatoms. The van der Waals surface area contributed by atoms with Gasteiger partial charge in [0.25, 0.3) is 0 Å². The predicted octanol–water partition coefficient (Wildman–Crippen LogP) is 3.52. The molecular weight excluding hydrogens is 208 g/mol. The second-order valence-corrected chi connectivity index (χ2v) is 4.31. The van der Waals surface area contributed by atoms with E-state index in [4.69, 9.17) is 5.73 Å². The Hall–Kier alpha value is -2.22. The van der Waals surface area contributed by atoms with E-state index in [1.54, 1.807) is 0 Å². The van der Waals surface area contributed by atoms with Crippen LogP contribution in [0.1, 0.15) is 5.56 Å². The molecule has 0 unspecified atom stereocenters. The van der Waals surface area contributed by atoms with E-state index in [0.29, 0.717) is 0 Å². The van der Waals surface area contributed by atoms with Gasteiger partial charge < -0.3 is 10.3 Å². The maximum absolute atomic E-state index is 6.08. The first-order valence-electron chi connectivity index (χ1n) is 5.68. The number of hydrogen-bond acceptors (Lipinski definition) is 1. The Morgan fingerprint density at radius 1 is 1.00 bits per heavy atom. The molecule has 0 saturated heterocycles. The standard InChI is InChI=1S/C15H14N2/c1-11-6-7-15(13(16)10-11)17-9-8-12-4-2-3-5-14(12)17/h2-10H,16H2,1H3. The van der Waals surface area contributed by atoms with E-state index in [9.17, 15) is 0 Å². The summed E-state index contributed by atoms with van der Waals surface area (Å²) in [5.74, 6) is 0. The first kappa shape index (κ1) is 9.97. The van der Waals surface area contributed by atoms with E-state index in [1.165, 1.54) is 16.5 Å². The number of nitrogens with zero attached hydrogens (tertiary/aromatic N) is 1. The topological polar surface area (TPSA) is 30.9 Å². The van der Waals surface area contributed by atoms with E-state index in [-0.39, 0.29) is 0 Å². The van der Waals surface area contributed by atoms with Gasteiger partial charge >= 0.3 is 0 Å². The van der Waals surface area contributed by atoms with Crippen molar-refractivity contribution < 1.29 is 0 Å². The second kappa shape index (κ2) is 3.67. The van der Waals surface area contributed by atoms with Crippen molar-refractivity contribution in [2.45, 2.75) is 6.92 Å². The average Bonchev–Trinajstić information content (AvgIpc) is 2.73. The van der Waals surface area contributed by atoms with Crippen molar-refractivity contribution in [3.63, 3.8) is 0 Å². The van der Waals surface area contributed by atoms with Gasteiger partial charge in [-0.2, -0.15) is 0 Å². The Bertz CT molecular complexity index is 680. The zero-order chi connectivity index (χ0) is 11.8. The van der Waals surface area contributed by atoms with E-state index in [0.717, 1.165) is 11.4 Å². The van der Waals surface area contributed by atoms with E-state index >= 15 is 0 Å². The van der Waals surface area contributed by atoms with Gasteiger partial charge in [0, 0.05) is 6.20 Å². The van der Waals surface area contributed by atoms with E-state index in [1.807, 2.05) is 25.1 Å². The van der Waals surface area contributed by atoms with Crippen LogP contribution < -0.4 is 5.73 Å². The number of para-hydroxylation sites is 1. The summed E-state index contributed by atoms with van der Waals surface area (Å²) in [7, 11) is 0. The fourth-order valence-electron chi connectivity index (χ4n) is 2.19. The summed E-state index contributed by atoms with van der Waals surface area (Å²) in [6.07, 6.45) is 2.06. The lowest BCUT2D eigenvalue weighted by atomic mass is 10.2. The normalized spacial score (nSPS) is 10.9. The fraction of sp³-hybridized carbons (Fsp3) is 0.0667. The van der Waals surface area contributed by atoms with Crippen LogP contribution in [0.4, 0.5) is 5.69 Å². The van der Waals surface area contributed by atoms with Gasteiger partial charge in [-0.1, -0.05) is 24.3 Å². The zero-order valence-corrected chi connectivity index (χ0v) is 9.72. The summed E-state index contributed by atoms with van der Waals surface area (Å²) in [6.45, 7) is 2.05. The number of nitrogens with two attached hydrogens (primary N) is 1. The molecule has 84 valence electrons. The zero-order valence-electron chi connectivity index (χ0n) is 9.72. The molecule has 2 N–H and O–H groups in total. The number of anilines is 1. The maximum atomic E-state index is 6.08. The summed E-state index contributed by atoms with van der Waals surface area (Å²) in [4.78, 5) is 0. The summed E-state index contributed by atoms with van der Waals surface area (Å²) < 4.78 is 2.13. The molecule has 0 atom stereocenters. The second-order valence-electron chi connectivity index (χ2n) is 4.31. The molecule has 2 aromatic carbocycles. The van der Waals surface area contributed by atoms with Gasteiger partial charge in [-0.25, -0.2) is 0 Å². The Morgan fingerprint density at radius 3 is 2.65 bits per heavy atom. The molecule has 0 saturated carbocycles. The van der Waals surface area contributed by atoms with Crippen molar-refractivity contribution in [2.24, 2.45) is 0 Å². The molecule has 1 heterocycles. The van der Waals surface area contributed by atoms with Crippen LogP contribution in [0.3, 0.4) is 0 Å². The highest BCUT2D eigenvalue weighted by atomic mass is 15.0. The fourth-order valence-corrected chi connectivity index (χ4v) is 2.19. The molecule has 2 nitrogen and oxygen atoms in total. The lowest BCUT2D eigenvalue weighted by molar-refractivity contribution is 1.13. The SMILES string of the molecule is Cc1ccc(-n2ccc3ccccc32)c(N)c1. The van der Waals surface area contributed by atoms with E-state index < -0.39 is 0 Å². The number of fused-ring (bicyclic) bond motifs is 1. The Morgan fingerprint density at radius 2 is 1.82 bits per heavy atom. The van der Waals surface area contributed by atoms with Gasteiger partial charge in [0.1, 0.15) is 0 Å². The highest BCUT2D eigenvalue weighted by molar-refractivity contribution is 5.83. The molecule has 0 spiro atoms. The number of benzene rings is 2. The molecule has 1 aromatic heterocycles. The third-order valence-electron chi connectivity index (χ3n) is 3.04. The summed E-state index contributed by atoms with van der Waals surface area (Å²) in [6, 6.07) is 16.6. The molecule has 0 fully saturated rings. The van der Waals surface area contributed by atoms with Crippen LogP contribution in [0.15, 0.2) is 54.7 Å². The number of hydrogen-bond donors (Lipinski definition) is 1. The molecule has 0 radical (unpaired) electrons. The van der Waals surface area contributed by atoms with Crippen molar-refractivity contribution in [2.75, 3.05) is 5.73 Å². The van der Waals surface area contributed by atoms with Crippen LogP contribution in [-0.2, 0) is 0 Å². The van der Waals surface area contributed by atoms with E-state index in [2.05, 4.69) is 41.1 Å². The summed E-state index contributed by atoms with van der Waals surface area (Å²) in [5, 5.41) is 1.23. The van der Waals surface area contributed by atoms with Gasteiger partial charge in [-0.15, -0.1) is 0 Å². The van der Waals surface area contributed by atoms with Crippen LogP contribution >= 0.6 is 0 Å². The number of nitrogen functional groups attached to an aromatic ring is 1. The van der Waals surface area contributed by atoms with Crippen molar-refractivity contribution in [3.8, 4) is 5.69 Å². The highest BCUT2D eigenvalue weighted by Gasteiger charge is 2.05. The largest absolute Gasteiger partial charge is 0.397 e. The third-order valence-corrected chi connectivity index (χ3v) is 3.04. The third kappa shape index (κ3) is 1.58. The average molecular weight is 222 g/mol. The lowest BCUT2D eigenvalue weighted by Gasteiger charge is -2.09. The molecule has 0 aliphatic carbocycles. The van der Waals surface area contributed by atoms with Crippen LogP contribution in [0, 0.1) is 6.92 Å². The molecule has 3 aromatic rings. The molecule has 0 amide bonds. The maximum Gasteiger partial charge on any atom is 0.0686 e. The molecule has 0 aliphatic rings. The number of aromatic nitrogens is 1. The van der Waals surface area contributed by atoms with Crippen molar-refractivity contribution in [3.05, 3.63) is 60.3 Å².